The van der Waals surface area contributed by atoms with E-state index in [9.17, 15) is 14.4 Å². The molecule has 0 aliphatic heterocycles. The lowest BCUT2D eigenvalue weighted by Crippen LogP contribution is -2.48. The van der Waals surface area contributed by atoms with Crippen LogP contribution < -0.4 is 17.2 Å². The SMILES string of the molecule is C/C(=C\N(C(=O)C(C)N)C(=O)C(C)N)C(N)=O. The van der Waals surface area contributed by atoms with Gasteiger partial charge in [0.05, 0.1) is 12.1 Å². The van der Waals surface area contributed by atoms with E-state index in [2.05, 4.69) is 0 Å². The summed E-state index contributed by atoms with van der Waals surface area (Å²) in [5, 5.41) is 0. The summed E-state index contributed by atoms with van der Waals surface area (Å²) in [5.74, 6) is -2.02. The molecular formula is C10H18N4O3. The summed E-state index contributed by atoms with van der Waals surface area (Å²) >= 11 is 0. The fraction of sp³-hybridized carbons (Fsp3) is 0.500. The Bertz CT molecular complexity index is 341. The lowest BCUT2D eigenvalue weighted by atomic mass is 10.2. The van der Waals surface area contributed by atoms with Crippen LogP contribution in [-0.4, -0.2) is 34.7 Å². The van der Waals surface area contributed by atoms with Gasteiger partial charge in [-0.3, -0.25) is 19.3 Å². The predicted molar refractivity (Wildman–Crippen MR) is 62.1 cm³/mol. The van der Waals surface area contributed by atoms with Gasteiger partial charge in [0.1, 0.15) is 0 Å². The van der Waals surface area contributed by atoms with Gasteiger partial charge in [-0.25, -0.2) is 0 Å². The third-order valence-corrected chi connectivity index (χ3v) is 1.97. The number of nitrogens with two attached hydrogens (primary N) is 3. The number of nitrogens with zero attached hydrogens (tertiary/aromatic N) is 1. The van der Waals surface area contributed by atoms with Gasteiger partial charge in [0, 0.05) is 11.8 Å². The number of hydrogen-bond donors (Lipinski definition) is 3. The molecule has 6 N–H and O–H groups in total. The molecule has 2 unspecified atom stereocenters. The van der Waals surface area contributed by atoms with Gasteiger partial charge < -0.3 is 17.2 Å². The van der Waals surface area contributed by atoms with Crippen molar-refractivity contribution in [1.82, 2.24) is 4.90 Å². The van der Waals surface area contributed by atoms with E-state index in [1.807, 2.05) is 0 Å². The molecule has 0 saturated carbocycles. The zero-order valence-corrected chi connectivity index (χ0v) is 10.1. The highest BCUT2D eigenvalue weighted by Gasteiger charge is 2.25. The van der Waals surface area contributed by atoms with Crippen molar-refractivity contribution in [2.24, 2.45) is 17.2 Å². The molecule has 2 atom stereocenters. The quantitative estimate of drug-likeness (QED) is 0.512. The average molecular weight is 242 g/mol. The van der Waals surface area contributed by atoms with Crippen LogP contribution in [0.5, 0.6) is 0 Å². The molecule has 0 aliphatic carbocycles. The van der Waals surface area contributed by atoms with Crippen LogP contribution in [0.15, 0.2) is 11.8 Å². The van der Waals surface area contributed by atoms with Crippen LogP contribution in [0.3, 0.4) is 0 Å². The molecule has 0 aromatic rings. The molecule has 0 bridgehead atoms. The summed E-state index contributed by atoms with van der Waals surface area (Å²) in [6.45, 7) is 4.24. The Hall–Kier alpha value is -1.73. The molecule has 0 fully saturated rings. The van der Waals surface area contributed by atoms with Gasteiger partial charge in [-0.1, -0.05) is 0 Å². The first-order valence-corrected chi connectivity index (χ1v) is 5.04. The molecule has 0 heterocycles. The Labute approximate surface area is 99.6 Å². The highest BCUT2D eigenvalue weighted by atomic mass is 16.2. The molecule has 0 saturated heterocycles. The minimum atomic E-state index is -0.880. The first-order valence-electron chi connectivity index (χ1n) is 5.04. The number of rotatable bonds is 4. The summed E-state index contributed by atoms with van der Waals surface area (Å²) in [4.78, 5) is 34.9. The number of primary amides is 1. The molecule has 0 radical (unpaired) electrons. The fourth-order valence-electron chi connectivity index (χ4n) is 0.932. The second-order valence-electron chi connectivity index (χ2n) is 3.80. The van der Waals surface area contributed by atoms with Crippen molar-refractivity contribution in [2.75, 3.05) is 0 Å². The number of imide groups is 1. The lowest BCUT2D eigenvalue weighted by molar-refractivity contribution is -0.142. The van der Waals surface area contributed by atoms with Crippen LogP contribution >= 0.6 is 0 Å². The predicted octanol–water partition coefficient (Wildman–Crippen LogP) is -1.57. The topological polar surface area (TPSA) is 133 Å². The van der Waals surface area contributed by atoms with Crippen LogP contribution in [0.1, 0.15) is 20.8 Å². The van der Waals surface area contributed by atoms with Crippen LogP contribution in [-0.2, 0) is 14.4 Å². The molecular weight excluding hydrogens is 224 g/mol. The maximum absolute atomic E-state index is 11.7. The van der Waals surface area contributed by atoms with Crippen molar-refractivity contribution < 1.29 is 14.4 Å². The first kappa shape index (κ1) is 15.3. The summed E-state index contributed by atoms with van der Waals surface area (Å²) < 4.78 is 0. The van der Waals surface area contributed by atoms with Gasteiger partial charge in [-0.2, -0.15) is 0 Å². The van der Waals surface area contributed by atoms with Gasteiger partial charge in [0.25, 0.3) is 0 Å². The third-order valence-electron chi connectivity index (χ3n) is 1.97. The van der Waals surface area contributed by atoms with Gasteiger partial charge in [-0.05, 0) is 20.8 Å². The maximum atomic E-state index is 11.7. The smallest absolute Gasteiger partial charge is 0.249 e. The van der Waals surface area contributed by atoms with Crippen LogP contribution in [0.25, 0.3) is 0 Å². The van der Waals surface area contributed by atoms with E-state index in [1.54, 1.807) is 0 Å². The normalized spacial score (nSPS) is 15.0. The van der Waals surface area contributed by atoms with Crippen LogP contribution in [0.2, 0.25) is 0 Å². The van der Waals surface area contributed by atoms with Crippen molar-refractivity contribution in [3.8, 4) is 0 Å². The van der Waals surface area contributed by atoms with Crippen molar-refractivity contribution in [2.45, 2.75) is 32.9 Å². The average Bonchev–Trinajstić information content (AvgIpc) is 2.22. The van der Waals surface area contributed by atoms with Gasteiger partial charge in [0.2, 0.25) is 17.7 Å². The zero-order valence-electron chi connectivity index (χ0n) is 10.1. The number of carbonyl (C=O) groups excluding carboxylic acids is 3. The fourth-order valence-corrected chi connectivity index (χ4v) is 0.932. The van der Waals surface area contributed by atoms with E-state index in [1.165, 1.54) is 20.8 Å². The Morgan fingerprint density at radius 1 is 1.06 bits per heavy atom. The minimum Gasteiger partial charge on any atom is -0.366 e. The Morgan fingerprint density at radius 2 is 1.41 bits per heavy atom. The number of carbonyl (C=O) groups is 3. The van der Waals surface area contributed by atoms with E-state index in [0.29, 0.717) is 0 Å². The molecule has 0 aromatic heterocycles. The van der Waals surface area contributed by atoms with Crippen molar-refractivity contribution in [3.05, 3.63) is 11.8 Å². The van der Waals surface area contributed by atoms with E-state index in [4.69, 9.17) is 17.2 Å². The molecule has 17 heavy (non-hydrogen) atoms. The van der Waals surface area contributed by atoms with E-state index >= 15 is 0 Å². The largest absolute Gasteiger partial charge is 0.366 e. The molecule has 0 spiro atoms. The lowest BCUT2D eigenvalue weighted by Gasteiger charge is -2.21. The maximum Gasteiger partial charge on any atom is 0.249 e. The standard InChI is InChI=1S/C10H18N4O3/c1-5(8(13)15)4-14(9(16)6(2)11)10(17)7(3)12/h4,6-7H,11-12H2,1-3H3,(H2,13,15)/b5-4+. The van der Waals surface area contributed by atoms with Crippen molar-refractivity contribution in [3.63, 3.8) is 0 Å². The Balaban J connectivity index is 5.27. The summed E-state index contributed by atoms with van der Waals surface area (Å²) in [7, 11) is 0. The molecule has 7 heteroatoms. The molecule has 96 valence electrons. The monoisotopic (exact) mass is 242 g/mol. The summed E-state index contributed by atoms with van der Waals surface area (Å²) in [6.07, 6.45) is 1.06. The van der Waals surface area contributed by atoms with Crippen molar-refractivity contribution in [1.29, 1.82) is 0 Å². The minimum absolute atomic E-state index is 0.0630. The summed E-state index contributed by atoms with van der Waals surface area (Å²) in [5.41, 5.74) is 15.9. The Morgan fingerprint density at radius 3 is 1.65 bits per heavy atom. The molecule has 0 rings (SSSR count). The molecule has 0 aliphatic rings. The van der Waals surface area contributed by atoms with E-state index in [-0.39, 0.29) is 5.57 Å². The van der Waals surface area contributed by atoms with Gasteiger partial charge in [0.15, 0.2) is 0 Å². The number of hydrogen-bond acceptors (Lipinski definition) is 5. The third kappa shape index (κ3) is 4.33. The van der Waals surface area contributed by atoms with Crippen LogP contribution in [0, 0.1) is 0 Å². The van der Waals surface area contributed by atoms with Crippen LogP contribution in [0.4, 0.5) is 0 Å². The summed E-state index contributed by atoms with van der Waals surface area (Å²) in [6, 6.07) is -1.76. The molecule has 3 amide bonds. The molecule has 0 aromatic carbocycles. The Kier molecular flexibility index (Phi) is 5.49. The highest BCUT2D eigenvalue weighted by Crippen LogP contribution is 2.03. The zero-order chi connectivity index (χ0) is 13.7. The van der Waals surface area contributed by atoms with E-state index < -0.39 is 29.8 Å². The first-order chi connectivity index (χ1) is 7.68. The van der Waals surface area contributed by atoms with Gasteiger partial charge >= 0.3 is 0 Å². The highest BCUT2D eigenvalue weighted by molar-refractivity contribution is 6.02. The van der Waals surface area contributed by atoms with E-state index in [0.717, 1.165) is 11.1 Å². The van der Waals surface area contributed by atoms with Crippen molar-refractivity contribution >= 4 is 17.7 Å². The van der Waals surface area contributed by atoms with Gasteiger partial charge in [-0.15, -0.1) is 0 Å². The second kappa shape index (κ2) is 6.12. The number of amides is 3. The second-order valence-corrected chi connectivity index (χ2v) is 3.80. The molecule has 7 nitrogen and oxygen atoms in total.